The zero-order chi connectivity index (χ0) is 13.2. The van der Waals surface area contributed by atoms with Gasteiger partial charge in [0.2, 0.25) is 5.91 Å². The highest BCUT2D eigenvalue weighted by molar-refractivity contribution is 7.11. The standard InChI is InChI=1S/C14H21N3OS.ClH/c1-17(14(18)11-6-4-8-15-11)9-13-16-10-5-2-3-7-12(10)19-13;/h11,15H,2-9H2,1H3;1H/t11-;/m0./s1. The molecule has 4 nitrogen and oxygen atoms in total. The predicted octanol–water partition coefficient (Wildman–Crippen LogP) is 2.15. The van der Waals surface area contributed by atoms with Gasteiger partial charge in [-0.2, -0.15) is 0 Å². The number of halogens is 1. The Labute approximate surface area is 130 Å². The van der Waals surface area contributed by atoms with Crippen LogP contribution in [0.2, 0.25) is 0 Å². The summed E-state index contributed by atoms with van der Waals surface area (Å²) in [4.78, 5) is 20.2. The van der Waals surface area contributed by atoms with Gasteiger partial charge in [0.05, 0.1) is 18.3 Å². The smallest absolute Gasteiger partial charge is 0.239 e. The van der Waals surface area contributed by atoms with Crippen LogP contribution in [0.25, 0.3) is 0 Å². The van der Waals surface area contributed by atoms with Crippen molar-refractivity contribution in [3.63, 3.8) is 0 Å². The topological polar surface area (TPSA) is 45.2 Å². The summed E-state index contributed by atoms with van der Waals surface area (Å²) in [5.41, 5.74) is 1.28. The van der Waals surface area contributed by atoms with Crippen LogP contribution in [0, 0.1) is 0 Å². The first-order valence-corrected chi connectivity index (χ1v) is 8.01. The second kappa shape index (κ2) is 6.87. The predicted molar refractivity (Wildman–Crippen MR) is 83.5 cm³/mol. The first-order chi connectivity index (χ1) is 9.24. The Bertz CT molecular complexity index is 447. The van der Waals surface area contributed by atoms with Gasteiger partial charge in [0, 0.05) is 11.9 Å². The molecular formula is C14H22ClN3OS. The molecule has 1 fully saturated rings. The van der Waals surface area contributed by atoms with E-state index in [-0.39, 0.29) is 24.4 Å². The third-order valence-corrected chi connectivity index (χ3v) is 5.14. The monoisotopic (exact) mass is 315 g/mol. The normalized spacial score (nSPS) is 21.1. The van der Waals surface area contributed by atoms with Crippen LogP contribution >= 0.6 is 23.7 Å². The largest absolute Gasteiger partial charge is 0.338 e. The molecule has 0 saturated carbocycles. The fourth-order valence-electron chi connectivity index (χ4n) is 2.92. The first-order valence-electron chi connectivity index (χ1n) is 7.20. The number of amides is 1. The van der Waals surface area contributed by atoms with Crippen molar-refractivity contribution < 1.29 is 4.79 Å². The minimum Gasteiger partial charge on any atom is -0.338 e. The van der Waals surface area contributed by atoms with Gasteiger partial charge in [-0.1, -0.05) is 0 Å². The molecule has 1 N–H and O–H groups in total. The molecule has 2 aliphatic rings. The molecule has 3 rings (SSSR count). The molecular weight excluding hydrogens is 294 g/mol. The van der Waals surface area contributed by atoms with Gasteiger partial charge in [-0.3, -0.25) is 4.79 Å². The SMILES string of the molecule is CN(Cc1nc2c(s1)CCCC2)C(=O)[C@@H]1CCCN1.Cl. The molecule has 0 aromatic carbocycles. The zero-order valence-electron chi connectivity index (χ0n) is 11.9. The van der Waals surface area contributed by atoms with E-state index in [0.717, 1.165) is 30.8 Å². The van der Waals surface area contributed by atoms with E-state index in [4.69, 9.17) is 4.98 Å². The van der Waals surface area contributed by atoms with Crippen LogP contribution in [0.15, 0.2) is 0 Å². The summed E-state index contributed by atoms with van der Waals surface area (Å²) in [6.45, 7) is 1.63. The van der Waals surface area contributed by atoms with E-state index < -0.39 is 0 Å². The zero-order valence-corrected chi connectivity index (χ0v) is 13.5. The molecule has 1 atom stereocenters. The molecule has 6 heteroatoms. The number of hydrogen-bond donors (Lipinski definition) is 1. The number of carbonyl (C=O) groups excluding carboxylic acids is 1. The Kier molecular flexibility index (Phi) is 5.41. The van der Waals surface area contributed by atoms with E-state index in [0.29, 0.717) is 6.54 Å². The summed E-state index contributed by atoms with van der Waals surface area (Å²) >= 11 is 1.80. The molecule has 1 amide bonds. The summed E-state index contributed by atoms with van der Waals surface area (Å²) in [5, 5.41) is 4.36. The second-order valence-corrected chi connectivity index (χ2v) is 6.70. The molecule has 0 radical (unpaired) electrons. The van der Waals surface area contributed by atoms with E-state index in [2.05, 4.69) is 5.32 Å². The number of likely N-dealkylation sites (N-methyl/N-ethyl adjacent to an activating group) is 1. The van der Waals surface area contributed by atoms with Gasteiger partial charge in [-0.05, 0) is 45.1 Å². The Balaban J connectivity index is 0.00000147. The molecule has 0 unspecified atom stereocenters. The molecule has 1 aromatic heterocycles. The number of fused-ring (bicyclic) bond motifs is 1. The van der Waals surface area contributed by atoms with Crippen molar-refractivity contribution in [1.82, 2.24) is 15.2 Å². The van der Waals surface area contributed by atoms with E-state index in [1.807, 2.05) is 11.9 Å². The van der Waals surface area contributed by atoms with Gasteiger partial charge >= 0.3 is 0 Å². The summed E-state index contributed by atoms with van der Waals surface area (Å²) in [7, 11) is 1.89. The maximum Gasteiger partial charge on any atom is 0.239 e. The highest BCUT2D eigenvalue weighted by Gasteiger charge is 2.25. The van der Waals surface area contributed by atoms with Crippen molar-refractivity contribution in [3.8, 4) is 0 Å². The molecule has 1 saturated heterocycles. The minimum absolute atomic E-state index is 0. The van der Waals surface area contributed by atoms with Gasteiger partial charge in [0.1, 0.15) is 5.01 Å². The molecule has 112 valence electrons. The quantitative estimate of drug-likeness (QED) is 0.929. The van der Waals surface area contributed by atoms with E-state index in [1.54, 1.807) is 11.3 Å². The highest BCUT2D eigenvalue weighted by Crippen LogP contribution is 2.27. The molecule has 0 bridgehead atoms. The lowest BCUT2D eigenvalue weighted by molar-refractivity contribution is -0.132. The summed E-state index contributed by atoms with van der Waals surface area (Å²) in [5.74, 6) is 0.214. The Morgan fingerprint density at radius 3 is 2.90 bits per heavy atom. The lowest BCUT2D eigenvalue weighted by Crippen LogP contribution is -2.41. The number of aryl methyl sites for hydroxylation is 2. The summed E-state index contributed by atoms with van der Waals surface area (Å²) in [6.07, 6.45) is 6.92. The number of nitrogens with one attached hydrogen (secondary N) is 1. The Morgan fingerprint density at radius 1 is 1.40 bits per heavy atom. The van der Waals surface area contributed by atoms with Gasteiger partial charge in [-0.15, -0.1) is 23.7 Å². The lowest BCUT2D eigenvalue weighted by Gasteiger charge is -2.19. The van der Waals surface area contributed by atoms with Crippen LogP contribution < -0.4 is 5.32 Å². The fourth-order valence-corrected chi connectivity index (χ4v) is 4.13. The number of aromatic nitrogens is 1. The molecule has 2 heterocycles. The van der Waals surface area contributed by atoms with Crippen LogP contribution in [0.4, 0.5) is 0 Å². The van der Waals surface area contributed by atoms with Gasteiger partial charge < -0.3 is 10.2 Å². The maximum absolute atomic E-state index is 12.2. The van der Waals surface area contributed by atoms with Crippen molar-refractivity contribution in [2.45, 2.75) is 51.1 Å². The van der Waals surface area contributed by atoms with Crippen molar-refractivity contribution >= 4 is 29.7 Å². The number of hydrogen-bond acceptors (Lipinski definition) is 4. The summed E-state index contributed by atoms with van der Waals surface area (Å²) in [6, 6.07) is 0.0274. The van der Waals surface area contributed by atoms with Crippen LogP contribution in [0.3, 0.4) is 0 Å². The van der Waals surface area contributed by atoms with Crippen LogP contribution in [-0.2, 0) is 24.2 Å². The minimum atomic E-state index is 0. The fraction of sp³-hybridized carbons (Fsp3) is 0.714. The number of thiazole rings is 1. The van der Waals surface area contributed by atoms with Crippen molar-refractivity contribution in [2.75, 3.05) is 13.6 Å². The molecule has 1 aromatic rings. The molecule has 1 aliphatic carbocycles. The van der Waals surface area contributed by atoms with E-state index in [1.165, 1.54) is 29.8 Å². The molecule has 20 heavy (non-hydrogen) atoms. The van der Waals surface area contributed by atoms with E-state index >= 15 is 0 Å². The summed E-state index contributed by atoms with van der Waals surface area (Å²) < 4.78 is 0. The van der Waals surface area contributed by atoms with Gasteiger partial charge in [-0.25, -0.2) is 4.98 Å². The van der Waals surface area contributed by atoms with E-state index in [9.17, 15) is 4.79 Å². The van der Waals surface area contributed by atoms with Crippen LogP contribution in [0.1, 0.15) is 41.3 Å². The van der Waals surface area contributed by atoms with Crippen molar-refractivity contribution in [3.05, 3.63) is 15.6 Å². The van der Waals surface area contributed by atoms with Crippen molar-refractivity contribution in [2.24, 2.45) is 0 Å². The van der Waals surface area contributed by atoms with Gasteiger partial charge in [0.15, 0.2) is 0 Å². The number of nitrogens with zero attached hydrogens (tertiary/aromatic N) is 2. The van der Waals surface area contributed by atoms with Gasteiger partial charge in [0.25, 0.3) is 0 Å². The third-order valence-electron chi connectivity index (χ3n) is 4.00. The molecule has 0 spiro atoms. The Morgan fingerprint density at radius 2 is 2.20 bits per heavy atom. The van der Waals surface area contributed by atoms with Crippen molar-refractivity contribution in [1.29, 1.82) is 0 Å². The first kappa shape index (κ1) is 15.7. The number of carbonyl (C=O) groups is 1. The van der Waals surface area contributed by atoms with Crippen LogP contribution in [-0.4, -0.2) is 35.4 Å². The van der Waals surface area contributed by atoms with Crippen LogP contribution in [0.5, 0.6) is 0 Å². The Hall–Kier alpha value is -0.650. The lowest BCUT2D eigenvalue weighted by atomic mass is 10.0. The average molecular weight is 316 g/mol. The number of rotatable bonds is 3. The highest BCUT2D eigenvalue weighted by atomic mass is 35.5. The molecule has 1 aliphatic heterocycles. The maximum atomic E-state index is 12.2. The third kappa shape index (κ3) is 3.32. The average Bonchev–Trinajstić information content (AvgIpc) is 3.06. The second-order valence-electron chi connectivity index (χ2n) is 5.53.